The third-order valence-electron chi connectivity index (χ3n) is 5.59. The summed E-state index contributed by atoms with van der Waals surface area (Å²) in [5, 5.41) is 13.9. The summed E-state index contributed by atoms with van der Waals surface area (Å²) in [6, 6.07) is 10.9. The topological polar surface area (TPSA) is 61.6 Å². The fourth-order valence-electron chi connectivity index (χ4n) is 3.81. The zero-order valence-electron chi connectivity index (χ0n) is 16.3. The van der Waals surface area contributed by atoms with Crippen molar-refractivity contribution in [3.8, 4) is 0 Å². The Hall–Kier alpha value is -2.88. The SMILES string of the molecule is FC(F)(F)c1nnc2ccc(Nc3cccc(N4CCN(CC5CC5)CC4)c3)nn12. The average molecular weight is 417 g/mol. The van der Waals surface area contributed by atoms with Crippen molar-refractivity contribution in [3.05, 3.63) is 42.2 Å². The first-order chi connectivity index (χ1) is 14.5. The van der Waals surface area contributed by atoms with E-state index in [2.05, 4.69) is 36.5 Å². The molecule has 0 atom stereocenters. The summed E-state index contributed by atoms with van der Waals surface area (Å²) >= 11 is 0. The number of nitrogens with one attached hydrogen (secondary N) is 1. The van der Waals surface area contributed by atoms with Crippen LogP contribution in [-0.2, 0) is 6.18 Å². The Balaban J connectivity index is 1.30. The monoisotopic (exact) mass is 417 g/mol. The fraction of sp³-hybridized carbons (Fsp3) is 0.450. The lowest BCUT2D eigenvalue weighted by Gasteiger charge is -2.36. The number of halogens is 3. The van der Waals surface area contributed by atoms with Crippen molar-refractivity contribution >= 4 is 22.8 Å². The molecule has 1 N–H and O–H groups in total. The van der Waals surface area contributed by atoms with Gasteiger partial charge in [-0.3, -0.25) is 4.90 Å². The Morgan fingerprint density at radius 3 is 2.53 bits per heavy atom. The van der Waals surface area contributed by atoms with E-state index in [1.807, 2.05) is 18.2 Å². The average Bonchev–Trinajstić information content (AvgIpc) is 3.43. The summed E-state index contributed by atoms with van der Waals surface area (Å²) < 4.78 is 39.9. The van der Waals surface area contributed by atoms with Crippen LogP contribution < -0.4 is 10.2 Å². The molecule has 3 heterocycles. The Kier molecular flexibility index (Phi) is 4.73. The standard InChI is InChI=1S/C20H22F3N7/c21-20(22,23)19-26-25-18-7-6-17(27-30(18)19)24-15-2-1-3-16(12-15)29-10-8-28(9-11-29)13-14-4-5-14/h1-3,6-7,12,14H,4-5,8-11,13H2,(H,24,27). The van der Waals surface area contributed by atoms with Gasteiger partial charge in [0.25, 0.3) is 5.82 Å². The molecule has 1 aliphatic carbocycles. The normalized spacial score (nSPS) is 18.2. The predicted octanol–water partition coefficient (Wildman–Crippen LogP) is 3.42. The largest absolute Gasteiger partial charge is 0.453 e. The number of nitrogens with zero attached hydrogens (tertiary/aromatic N) is 6. The molecule has 7 nitrogen and oxygen atoms in total. The molecule has 1 aliphatic heterocycles. The summed E-state index contributed by atoms with van der Waals surface area (Å²) in [6.45, 7) is 5.26. The Morgan fingerprint density at radius 1 is 1.00 bits per heavy atom. The maximum atomic E-state index is 13.1. The molecule has 10 heteroatoms. The van der Waals surface area contributed by atoms with Gasteiger partial charge in [0.15, 0.2) is 11.5 Å². The molecule has 2 fully saturated rings. The van der Waals surface area contributed by atoms with Crippen molar-refractivity contribution < 1.29 is 13.2 Å². The molecule has 1 aromatic carbocycles. The van der Waals surface area contributed by atoms with Gasteiger partial charge in [0.1, 0.15) is 0 Å². The summed E-state index contributed by atoms with van der Waals surface area (Å²) in [5.74, 6) is 0.0515. The lowest BCUT2D eigenvalue weighted by atomic mass is 10.2. The minimum Gasteiger partial charge on any atom is -0.369 e. The van der Waals surface area contributed by atoms with Gasteiger partial charge in [-0.1, -0.05) is 6.07 Å². The van der Waals surface area contributed by atoms with Crippen LogP contribution in [0.2, 0.25) is 0 Å². The molecule has 2 aliphatic rings. The third kappa shape index (κ3) is 4.04. The minimum atomic E-state index is -4.62. The lowest BCUT2D eigenvalue weighted by Crippen LogP contribution is -2.47. The Bertz CT molecular complexity index is 1040. The number of hydrogen-bond donors (Lipinski definition) is 1. The molecule has 0 spiro atoms. The van der Waals surface area contributed by atoms with E-state index in [0.29, 0.717) is 10.3 Å². The van der Waals surface area contributed by atoms with Crippen LogP contribution in [-0.4, -0.2) is 57.4 Å². The molecule has 30 heavy (non-hydrogen) atoms. The van der Waals surface area contributed by atoms with E-state index in [0.717, 1.165) is 43.5 Å². The Morgan fingerprint density at radius 2 is 1.80 bits per heavy atom. The fourth-order valence-corrected chi connectivity index (χ4v) is 3.81. The third-order valence-corrected chi connectivity index (χ3v) is 5.59. The number of benzene rings is 1. The van der Waals surface area contributed by atoms with Crippen LogP contribution in [0, 0.1) is 5.92 Å². The van der Waals surface area contributed by atoms with Crippen molar-refractivity contribution in [2.24, 2.45) is 5.92 Å². The van der Waals surface area contributed by atoms with Crippen LogP contribution >= 0.6 is 0 Å². The van der Waals surface area contributed by atoms with Crippen molar-refractivity contribution in [1.82, 2.24) is 24.7 Å². The van der Waals surface area contributed by atoms with Gasteiger partial charge in [-0.25, -0.2) is 0 Å². The Labute approximate surface area is 171 Å². The summed E-state index contributed by atoms with van der Waals surface area (Å²) in [6.07, 6.45) is -1.88. The zero-order chi connectivity index (χ0) is 20.7. The van der Waals surface area contributed by atoms with E-state index >= 15 is 0 Å². The minimum absolute atomic E-state index is 0.0469. The van der Waals surface area contributed by atoms with Gasteiger partial charge in [0.05, 0.1) is 0 Å². The second-order valence-corrected chi connectivity index (χ2v) is 7.92. The van der Waals surface area contributed by atoms with E-state index in [1.165, 1.54) is 25.5 Å². The van der Waals surface area contributed by atoms with Crippen LogP contribution in [0.15, 0.2) is 36.4 Å². The quantitative estimate of drug-likeness (QED) is 0.687. The van der Waals surface area contributed by atoms with Gasteiger partial charge >= 0.3 is 6.18 Å². The van der Waals surface area contributed by atoms with Gasteiger partial charge in [-0.05, 0) is 49.1 Å². The van der Waals surface area contributed by atoms with Crippen molar-refractivity contribution in [2.45, 2.75) is 19.0 Å². The molecule has 1 saturated carbocycles. The number of piperazine rings is 1. The molecule has 0 amide bonds. The van der Waals surface area contributed by atoms with E-state index < -0.39 is 12.0 Å². The smallest absolute Gasteiger partial charge is 0.369 e. The molecular weight excluding hydrogens is 395 g/mol. The second-order valence-electron chi connectivity index (χ2n) is 7.92. The number of rotatable bonds is 5. The zero-order valence-corrected chi connectivity index (χ0v) is 16.3. The molecule has 0 radical (unpaired) electrons. The summed E-state index contributed by atoms with van der Waals surface area (Å²) in [7, 11) is 0. The number of anilines is 3. The van der Waals surface area contributed by atoms with Gasteiger partial charge in [-0.15, -0.1) is 15.3 Å². The van der Waals surface area contributed by atoms with Crippen LogP contribution in [0.25, 0.3) is 5.65 Å². The van der Waals surface area contributed by atoms with E-state index in [-0.39, 0.29) is 5.65 Å². The first-order valence-corrected chi connectivity index (χ1v) is 10.1. The number of alkyl halides is 3. The van der Waals surface area contributed by atoms with Crippen LogP contribution in [0.5, 0.6) is 0 Å². The molecule has 3 aromatic rings. The second kappa shape index (κ2) is 7.42. The molecule has 2 aromatic heterocycles. The summed E-state index contributed by atoms with van der Waals surface area (Å²) in [4.78, 5) is 4.87. The van der Waals surface area contributed by atoms with Gasteiger partial charge < -0.3 is 10.2 Å². The number of hydrogen-bond acceptors (Lipinski definition) is 6. The molecular formula is C20H22F3N7. The van der Waals surface area contributed by atoms with E-state index in [1.54, 1.807) is 6.07 Å². The van der Waals surface area contributed by atoms with Crippen LogP contribution in [0.4, 0.5) is 30.4 Å². The predicted molar refractivity (Wildman–Crippen MR) is 107 cm³/mol. The maximum Gasteiger partial charge on any atom is 0.453 e. The van der Waals surface area contributed by atoms with Crippen LogP contribution in [0.1, 0.15) is 18.7 Å². The van der Waals surface area contributed by atoms with Crippen molar-refractivity contribution in [3.63, 3.8) is 0 Å². The van der Waals surface area contributed by atoms with Gasteiger partial charge in [-0.2, -0.15) is 17.7 Å². The maximum absolute atomic E-state index is 13.1. The van der Waals surface area contributed by atoms with Crippen LogP contribution in [0.3, 0.4) is 0 Å². The van der Waals surface area contributed by atoms with Crippen molar-refractivity contribution in [1.29, 1.82) is 0 Å². The first-order valence-electron chi connectivity index (χ1n) is 10.1. The van der Waals surface area contributed by atoms with Gasteiger partial charge in [0.2, 0.25) is 0 Å². The molecule has 5 rings (SSSR count). The molecule has 158 valence electrons. The number of fused-ring (bicyclic) bond motifs is 1. The number of aromatic nitrogens is 4. The van der Waals surface area contributed by atoms with E-state index in [4.69, 9.17) is 0 Å². The molecule has 1 saturated heterocycles. The summed E-state index contributed by atoms with van der Waals surface area (Å²) in [5.41, 5.74) is 1.90. The molecule has 0 unspecified atom stereocenters. The first kappa shape index (κ1) is 19.1. The highest BCUT2D eigenvalue weighted by atomic mass is 19.4. The highest BCUT2D eigenvalue weighted by molar-refractivity contribution is 5.64. The molecule has 0 bridgehead atoms. The van der Waals surface area contributed by atoms with Gasteiger partial charge in [0, 0.05) is 44.1 Å². The highest BCUT2D eigenvalue weighted by Gasteiger charge is 2.37. The van der Waals surface area contributed by atoms with Crippen molar-refractivity contribution in [2.75, 3.05) is 42.9 Å². The lowest BCUT2D eigenvalue weighted by molar-refractivity contribution is -0.146. The van der Waals surface area contributed by atoms with E-state index in [9.17, 15) is 13.2 Å². The highest BCUT2D eigenvalue weighted by Crippen LogP contribution is 2.31.